The number of carbonyl (C=O) groups is 2. The Hall–Kier alpha value is -2.25. The number of rotatable bonds is 8. The molecule has 1 saturated heterocycles. The summed E-state index contributed by atoms with van der Waals surface area (Å²) in [6.07, 6.45) is 0.947. The molecule has 1 atom stereocenters. The summed E-state index contributed by atoms with van der Waals surface area (Å²) < 4.78 is 0. The minimum Gasteiger partial charge on any atom is -0.348 e. The van der Waals surface area contributed by atoms with Crippen molar-refractivity contribution in [2.45, 2.75) is 45.8 Å². The Morgan fingerprint density at radius 1 is 1.30 bits per heavy atom. The number of aromatic nitrogens is 1. The van der Waals surface area contributed by atoms with Gasteiger partial charge in [-0.2, -0.15) is 0 Å². The Kier molecular flexibility index (Phi) is 6.58. The lowest BCUT2D eigenvalue weighted by Crippen LogP contribution is -2.44. The maximum atomic E-state index is 12.7. The zero-order chi connectivity index (χ0) is 19.2. The number of nitrogens with one attached hydrogen (secondary N) is 1. The Morgan fingerprint density at radius 2 is 2.04 bits per heavy atom. The van der Waals surface area contributed by atoms with Crippen LogP contribution in [0.25, 0.3) is 0 Å². The fourth-order valence-corrected chi connectivity index (χ4v) is 4.03. The molecule has 1 unspecified atom stereocenters. The van der Waals surface area contributed by atoms with Gasteiger partial charge in [0.1, 0.15) is 11.0 Å². The molecular formula is C20H26N4O2S. The van der Waals surface area contributed by atoms with Crippen LogP contribution in [-0.2, 0) is 22.7 Å². The van der Waals surface area contributed by atoms with Crippen LogP contribution in [0.3, 0.4) is 0 Å². The lowest BCUT2D eigenvalue weighted by molar-refractivity contribution is -0.124. The summed E-state index contributed by atoms with van der Waals surface area (Å²) in [4.78, 5) is 33.5. The average molecular weight is 387 g/mol. The van der Waals surface area contributed by atoms with Gasteiger partial charge < -0.3 is 5.32 Å². The molecule has 2 aromatic rings. The van der Waals surface area contributed by atoms with Gasteiger partial charge in [0.25, 0.3) is 0 Å². The molecule has 1 fully saturated rings. The molecule has 7 heteroatoms. The fraction of sp³-hybridized carbons (Fsp3) is 0.450. The smallest absolute Gasteiger partial charge is 0.243 e. The van der Waals surface area contributed by atoms with Gasteiger partial charge in [0.15, 0.2) is 0 Å². The monoisotopic (exact) mass is 386 g/mol. The Bertz CT molecular complexity index is 773. The average Bonchev–Trinajstić information content (AvgIpc) is 3.31. The number of anilines is 1. The molecule has 6 nitrogen and oxygen atoms in total. The van der Waals surface area contributed by atoms with Crippen molar-refractivity contribution in [2.24, 2.45) is 0 Å². The standard InChI is InChI=1S/C20H26N4O2S/c1-3-23(4-2)13-15-14-27-18(22-15)12-21-20(26)17-10-11-19(25)24(17)16-8-6-5-7-9-16/h5-9,14,17H,3-4,10-13H2,1-2H3,(H,21,26). The van der Waals surface area contributed by atoms with E-state index < -0.39 is 6.04 Å². The molecule has 2 amide bonds. The van der Waals surface area contributed by atoms with Crippen LogP contribution >= 0.6 is 11.3 Å². The van der Waals surface area contributed by atoms with E-state index in [0.717, 1.165) is 36.0 Å². The molecule has 3 rings (SSSR count). The summed E-state index contributed by atoms with van der Waals surface area (Å²) in [6.45, 7) is 7.48. The summed E-state index contributed by atoms with van der Waals surface area (Å²) >= 11 is 1.56. The highest BCUT2D eigenvalue weighted by molar-refractivity contribution is 7.09. The molecule has 2 heterocycles. The van der Waals surface area contributed by atoms with Crippen LogP contribution in [0.15, 0.2) is 35.7 Å². The molecule has 0 bridgehead atoms. The van der Waals surface area contributed by atoms with Crippen LogP contribution in [0.2, 0.25) is 0 Å². The van der Waals surface area contributed by atoms with Crippen LogP contribution in [0.1, 0.15) is 37.4 Å². The number of amides is 2. The van der Waals surface area contributed by atoms with Crippen LogP contribution in [-0.4, -0.2) is 40.8 Å². The molecule has 0 aliphatic carbocycles. The normalized spacial score (nSPS) is 16.9. The van der Waals surface area contributed by atoms with Gasteiger partial charge >= 0.3 is 0 Å². The highest BCUT2D eigenvalue weighted by Crippen LogP contribution is 2.26. The Morgan fingerprint density at radius 3 is 2.74 bits per heavy atom. The van der Waals surface area contributed by atoms with E-state index in [1.54, 1.807) is 16.2 Å². The number of thiazole rings is 1. The molecule has 0 saturated carbocycles. The van der Waals surface area contributed by atoms with Gasteiger partial charge in [-0.3, -0.25) is 19.4 Å². The number of hydrogen-bond acceptors (Lipinski definition) is 5. The van der Waals surface area contributed by atoms with Gasteiger partial charge in [-0.15, -0.1) is 11.3 Å². The third-order valence-electron chi connectivity index (χ3n) is 4.84. The quantitative estimate of drug-likeness (QED) is 0.758. The first kappa shape index (κ1) is 19.5. The third-order valence-corrected chi connectivity index (χ3v) is 5.74. The van der Waals surface area contributed by atoms with Gasteiger partial charge in [0.05, 0.1) is 12.2 Å². The maximum absolute atomic E-state index is 12.7. The van der Waals surface area contributed by atoms with Crippen LogP contribution < -0.4 is 10.2 Å². The molecule has 0 radical (unpaired) electrons. The second-order valence-corrected chi connectivity index (χ2v) is 7.51. The lowest BCUT2D eigenvalue weighted by Gasteiger charge is -2.24. The van der Waals surface area contributed by atoms with Crippen LogP contribution in [0, 0.1) is 0 Å². The SMILES string of the molecule is CCN(CC)Cc1csc(CNC(=O)C2CCC(=O)N2c2ccccc2)n1. The number of benzene rings is 1. The van der Waals surface area contributed by atoms with Crippen LogP contribution in [0.5, 0.6) is 0 Å². The Labute approximate surface area is 164 Å². The van der Waals surface area contributed by atoms with Crippen molar-refractivity contribution in [1.82, 2.24) is 15.2 Å². The molecule has 27 heavy (non-hydrogen) atoms. The summed E-state index contributed by atoms with van der Waals surface area (Å²) in [5, 5.41) is 5.90. The second-order valence-electron chi connectivity index (χ2n) is 6.57. The predicted molar refractivity (Wildman–Crippen MR) is 108 cm³/mol. The number of nitrogens with zero attached hydrogens (tertiary/aromatic N) is 3. The van der Waals surface area contributed by atoms with Crippen molar-refractivity contribution in [3.63, 3.8) is 0 Å². The first-order chi connectivity index (χ1) is 13.1. The van der Waals surface area contributed by atoms with E-state index in [4.69, 9.17) is 0 Å². The van der Waals surface area contributed by atoms with E-state index in [2.05, 4.69) is 34.4 Å². The molecule has 1 aromatic heterocycles. The first-order valence-corrected chi connectivity index (χ1v) is 10.3. The number of para-hydroxylation sites is 1. The van der Waals surface area contributed by atoms with Crippen molar-refractivity contribution in [3.8, 4) is 0 Å². The van der Waals surface area contributed by atoms with Crippen molar-refractivity contribution in [1.29, 1.82) is 0 Å². The van der Waals surface area contributed by atoms with Crippen molar-refractivity contribution < 1.29 is 9.59 Å². The molecule has 1 N–H and O–H groups in total. The zero-order valence-electron chi connectivity index (χ0n) is 15.9. The second kappa shape index (κ2) is 9.10. The predicted octanol–water partition coefficient (Wildman–Crippen LogP) is 2.80. The number of carbonyl (C=O) groups excluding carboxylic acids is 2. The molecular weight excluding hydrogens is 360 g/mol. The van der Waals surface area contributed by atoms with E-state index in [0.29, 0.717) is 19.4 Å². The van der Waals surface area contributed by atoms with Gasteiger partial charge in [-0.05, 0) is 31.6 Å². The van der Waals surface area contributed by atoms with Gasteiger partial charge in [0.2, 0.25) is 11.8 Å². The largest absolute Gasteiger partial charge is 0.348 e. The van der Waals surface area contributed by atoms with Crippen molar-refractivity contribution in [2.75, 3.05) is 18.0 Å². The van der Waals surface area contributed by atoms with Crippen molar-refractivity contribution in [3.05, 3.63) is 46.4 Å². The first-order valence-electron chi connectivity index (χ1n) is 9.42. The van der Waals surface area contributed by atoms with E-state index in [1.165, 1.54) is 0 Å². The van der Waals surface area contributed by atoms with Crippen molar-refractivity contribution >= 4 is 28.8 Å². The van der Waals surface area contributed by atoms with E-state index >= 15 is 0 Å². The third kappa shape index (κ3) is 4.73. The fourth-order valence-electron chi connectivity index (χ4n) is 3.30. The summed E-state index contributed by atoms with van der Waals surface area (Å²) in [7, 11) is 0. The minimum atomic E-state index is -0.449. The summed E-state index contributed by atoms with van der Waals surface area (Å²) in [5.41, 5.74) is 1.81. The minimum absolute atomic E-state index is 0.00268. The van der Waals surface area contributed by atoms with Crippen LogP contribution in [0.4, 0.5) is 5.69 Å². The number of hydrogen-bond donors (Lipinski definition) is 1. The summed E-state index contributed by atoms with van der Waals surface area (Å²) in [5.74, 6) is -0.123. The molecule has 1 aliphatic rings. The van der Waals surface area contributed by atoms with E-state index in [9.17, 15) is 9.59 Å². The molecule has 0 spiro atoms. The van der Waals surface area contributed by atoms with Gasteiger partial charge in [-0.1, -0.05) is 32.0 Å². The highest BCUT2D eigenvalue weighted by Gasteiger charge is 2.36. The topological polar surface area (TPSA) is 65.5 Å². The lowest BCUT2D eigenvalue weighted by atomic mass is 10.2. The molecule has 1 aliphatic heterocycles. The van der Waals surface area contributed by atoms with Gasteiger partial charge in [-0.25, -0.2) is 4.98 Å². The molecule has 1 aromatic carbocycles. The molecule has 144 valence electrons. The Balaban J connectivity index is 1.59. The maximum Gasteiger partial charge on any atom is 0.243 e. The summed E-state index contributed by atoms with van der Waals surface area (Å²) in [6, 6.07) is 8.94. The van der Waals surface area contributed by atoms with E-state index in [-0.39, 0.29) is 11.8 Å². The zero-order valence-corrected chi connectivity index (χ0v) is 16.7. The van der Waals surface area contributed by atoms with E-state index in [1.807, 2.05) is 30.3 Å². The highest BCUT2D eigenvalue weighted by atomic mass is 32.1. The van der Waals surface area contributed by atoms with Gasteiger partial charge in [0, 0.05) is 24.0 Å².